The molecule has 182 valence electrons. The van der Waals surface area contributed by atoms with Crippen LogP contribution in [0.5, 0.6) is 0 Å². The van der Waals surface area contributed by atoms with Gasteiger partial charge in [0.2, 0.25) is 5.56 Å². The molecule has 0 saturated carbocycles. The minimum absolute atomic E-state index is 0.0405. The van der Waals surface area contributed by atoms with Crippen molar-refractivity contribution in [2.24, 2.45) is 0 Å². The fraction of sp³-hybridized carbons (Fsp3) is 0.167. The molecule has 0 aliphatic carbocycles. The maximum absolute atomic E-state index is 15.7. The van der Waals surface area contributed by atoms with Crippen LogP contribution in [0.15, 0.2) is 64.4 Å². The van der Waals surface area contributed by atoms with Crippen molar-refractivity contribution in [3.63, 3.8) is 0 Å². The van der Waals surface area contributed by atoms with E-state index in [-0.39, 0.29) is 16.8 Å². The lowest BCUT2D eigenvalue weighted by Crippen LogP contribution is -2.17. The van der Waals surface area contributed by atoms with Crippen LogP contribution < -0.4 is 10.3 Å². The Balaban J connectivity index is 1.86. The largest absolute Gasteiger partial charge is 0.329 e. The number of hydrogen-bond donors (Lipinski definition) is 2. The van der Waals surface area contributed by atoms with E-state index in [1.54, 1.807) is 6.07 Å². The van der Waals surface area contributed by atoms with Crippen LogP contribution in [0.2, 0.25) is 0 Å². The van der Waals surface area contributed by atoms with Crippen LogP contribution in [0.4, 0.5) is 18.9 Å². The van der Waals surface area contributed by atoms with E-state index in [1.807, 2.05) is 25.5 Å². The topological polar surface area (TPSA) is 91.9 Å². The summed E-state index contributed by atoms with van der Waals surface area (Å²) < 4.78 is 71.2. The summed E-state index contributed by atoms with van der Waals surface area (Å²) in [6.07, 6.45) is 1.46. The maximum atomic E-state index is 15.7. The summed E-state index contributed by atoms with van der Waals surface area (Å²) in [5, 5.41) is 0.668. The molecule has 0 fully saturated rings. The molecule has 0 atom stereocenters. The number of halogens is 3. The van der Waals surface area contributed by atoms with Gasteiger partial charge in [-0.2, -0.15) is 0 Å². The summed E-state index contributed by atoms with van der Waals surface area (Å²) in [6.45, 7) is 5.79. The zero-order valence-electron chi connectivity index (χ0n) is 18.8. The zero-order valence-corrected chi connectivity index (χ0v) is 20.5. The molecular weight excluding hydrogens is 499 g/mol. The Labute approximate surface area is 203 Å². The van der Waals surface area contributed by atoms with Crippen LogP contribution >= 0.6 is 11.3 Å². The van der Waals surface area contributed by atoms with E-state index in [0.29, 0.717) is 15.4 Å². The van der Waals surface area contributed by atoms with Crippen molar-refractivity contribution in [3.8, 4) is 21.7 Å². The molecular formula is C24H20F3N3O3S2. The molecule has 0 bridgehead atoms. The van der Waals surface area contributed by atoms with E-state index in [1.165, 1.54) is 35.7 Å². The van der Waals surface area contributed by atoms with Gasteiger partial charge in [-0.15, -0.1) is 11.3 Å². The molecule has 2 aromatic carbocycles. The molecule has 2 heterocycles. The van der Waals surface area contributed by atoms with Crippen LogP contribution in [0.3, 0.4) is 0 Å². The summed E-state index contributed by atoms with van der Waals surface area (Å²) in [5.41, 5.74) is -0.574. The summed E-state index contributed by atoms with van der Waals surface area (Å²) in [4.78, 5) is 18.3. The van der Waals surface area contributed by atoms with Gasteiger partial charge in [-0.1, -0.05) is 32.9 Å². The van der Waals surface area contributed by atoms with Crippen molar-refractivity contribution in [2.75, 3.05) is 4.72 Å². The summed E-state index contributed by atoms with van der Waals surface area (Å²) >= 11 is 1.28. The zero-order chi connectivity index (χ0) is 25.5. The van der Waals surface area contributed by atoms with Crippen LogP contribution in [-0.4, -0.2) is 18.4 Å². The predicted molar refractivity (Wildman–Crippen MR) is 129 cm³/mol. The van der Waals surface area contributed by atoms with Gasteiger partial charge in [-0.3, -0.25) is 9.52 Å². The SMILES string of the molecule is CC(C)(C)c1nc(-c2cccc(NS(=O)(=O)c3c(F)cccc3F)c2F)c(-c2cc[nH]c(=O)c2)s1. The van der Waals surface area contributed by atoms with Gasteiger partial charge in [0, 0.05) is 28.8 Å². The lowest BCUT2D eigenvalue weighted by Gasteiger charge is -2.14. The van der Waals surface area contributed by atoms with Crippen LogP contribution in [0.1, 0.15) is 25.8 Å². The maximum Gasteiger partial charge on any atom is 0.267 e. The number of aromatic amines is 1. The van der Waals surface area contributed by atoms with Gasteiger partial charge in [0.05, 0.1) is 21.3 Å². The van der Waals surface area contributed by atoms with Crippen LogP contribution in [0.25, 0.3) is 21.7 Å². The highest BCUT2D eigenvalue weighted by molar-refractivity contribution is 7.92. The third kappa shape index (κ3) is 4.87. The standard InChI is InChI=1S/C24H20F3N3O3S2/c1-24(2,3)23-29-20(21(34-23)13-10-11-28-18(31)12-13)14-6-4-9-17(19(14)27)30-35(32,33)22-15(25)7-5-8-16(22)26/h4-12,30H,1-3H3,(H,28,31). The third-order valence-electron chi connectivity index (χ3n) is 4.99. The normalized spacial score (nSPS) is 12.1. The number of thiazole rings is 1. The molecule has 2 N–H and O–H groups in total. The number of aromatic nitrogens is 2. The van der Waals surface area contributed by atoms with Crippen molar-refractivity contribution in [1.29, 1.82) is 0 Å². The first-order valence-electron chi connectivity index (χ1n) is 10.3. The van der Waals surface area contributed by atoms with E-state index < -0.39 is 43.5 Å². The Bertz CT molecular complexity index is 1570. The van der Waals surface area contributed by atoms with Gasteiger partial charge < -0.3 is 4.98 Å². The van der Waals surface area contributed by atoms with Crippen molar-refractivity contribution < 1.29 is 21.6 Å². The van der Waals surface area contributed by atoms with Crippen molar-refractivity contribution in [1.82, 2.24) is 9.97 Å². The molecule has 6 nitrogen and oxygen atoms in total. The molecule has 4 rings (SSSR count). The van der Waals surface area contributed by atoms with Crippen LogP contribution in [-0.2, 0) is 15.4 Å². The number of pyridine rings is 1. The third-order valence-corrected chi connectivity index (χ3v) is 7.94. The average molecular weight is 520 g/mol. The van der Waals surface area contributed by atoms with Crippen LogP contribution in [0, 0.1) is 17.5 Å². The highest BCUT2D eigenvalue weighted by atomic mass is 32.2. The number of nitrogens with zero attached hydrogens (tertiary/aromatic N) is 1. The monoisotopic (exact) mass is 519 g/mol. The number of nitrogens with one attached hydrogen (secondary N) is 2. The number of sulfonamides is 1. The Kier molecular flexibility index (Phi) is 6.32. The fourth-order valence-electron chi connectivity index (χ4n) is 3.33. The summed E-state index contributed by atoms with van der Waals surface area (Å²) in [5.74, 6) is -3.59. The van der Waals surface area contributed by atoms with E-state index in [9.17, 15) is 22.0 Å². The first-order valence-corrected chi connectivity index (χ1v) is 12.6. The summed E-state index contributed by atoms with van der Waals surface area (Å²) in [6, 6.07) is 9.56. The smallest absolute Gasteiger partial charge is 0.267 e. The second kappa shape index (κ2) is 8.97. The quantitative estimate of drug-likeness (QED) is 0.355. The molecule has 0 amide bonds. The molecule has 0 spiro atoms. The number of rotatable bonds is 5. The van der Waals surface area contributed by atoms with E-state index in [2.05, 4.69) is 9.97 Å². The van der Waals surface area contributed by atoms with Crippen molar-refractivity contribution in [3.05, 3.63) is 87.5 Å². The highest BCUT2D eigenvalue weighted by Gasteiger charge is 2.28. The lowest BCUT2D eigenvalue weighted by atomic mass is 9.98. The van der Waals surface area contributed by atoms with Gasteiger partial charge >= 0.3 is 0 Å². The minimum Gasteiger partial charge on any atom is -0.329 e. The number of H-pyrrole nitrogens is 1. The first kappa shape index (κ1) is 24.7. The van der Waals surface area contributed by atoms with E-state index in [4.69, 9.17) is 0 Å². The Morgan fingerprint density at radius 3 is 2.29 bits per heavy atom. The Hall–Kier alpha value is -3.44. The molecule has 0 unspecified atom stereocenters. The molecule has 35 heavy (non-hydrogen) atoms. The fourth-order valence-corrected chi connectivity index (χ4v) is 5.67. The Morgan fingerprint density at radius 1 is 1.00 bits per heavy atom. The first-order chi connectivity index (χ1) is 16.4. The highest BCUT2D eigenvalue weighted by Crippen LogP contribution is 2.42. The molecule has 0 radical (unpaired) electrons. The predicted octanol–water partition coefficient (Wildman–Crippen LogP) is 5.68. The van der Waals surface area contributed by atoms with Gasteiger partial charge in [0.15, 0.2) is 10.7 Å². The number of hydrogen-bond acceptors (Lipinski definition) is 5. The molecule has 2 aromatic heterocycles. The second-order valence-electron chi connectivity index (χ2n) is 8.71. The van der Waals surface area contributed by atoms with Crippen molar-refractivity contribution in [2.45, 2.75) is 31.1 Å². The van der Waals surface area contributed by atoms with Crippen molar-refractivity contribution >= 4 is 27.0 Å². The minimum atomic E-state index is -4.79. The molecule has 0 saturated heterocycles. The number of anilines is 1. The van der Waals surface area contributed by atoms with E-state index in [0.717, 1.165) is 24.3 Å². The molecule has 4 aromatic rings. The Morgan fingerprint density at radius 2 is 1.66 bits per heavy atom. The molecule has 0 aliphatic rings. The van der Waals surface area contributed by atoms with Gasteiger partial charge in [-0.05, 0) is 30.3 Å². The average Bonchev–Trinajstić information content (AvgIpc) is 3.21. The van der Waals surface area contributed by atoms with Gasteiger partial charge in [-0.25, -0.2) is 26.6 Å². The molecule has 0 aliphatic heterocycles. The summed E-state index contributed by atoms with van der Waals surface area (Å²) in [7, 11) is -4.79. The second-order valence-corrected chi connectivity index (χ2v) is 11.3. The van der Waals surface area contributed by atoms with E-state index >= 15 is 4.39 Å². The van der Waals surface area contributed by atoms with Gasteiger partial charge in [0.1, 0.15) is 11.6 Å². The molecule has 11 heteroatoms. The lowest BCUT2D eigenvalue weighted by molar-refractivity contribution is 0.521. The number of benzene rings is 2. The van der Waals surface area contributed by atoms with Gasteiger partial charge in [0.25, 0.3) is 10.0 Å².